The second kappa shape index (κ2) is 6.87. The van der Waals surface area contributed by atoms with Crippen molar-refractivity contribution in [3.63, 3.8) is 0 Å². The van der Waals surface area contributed by atoms with Crippen molar-refractivity contribution in [1.29, 1.82) is 0 Å². The molecule has 0 aliphatic carbocycles. The van der Waals surface area contributed by atoms with E-state index in [1.54, 1.807) is 38.1 Å². The smallest absolute Gasteiger partial charge is 0.449 e. The Hall–Kier alpha value is -2.96. The molecule has 1 aromatic carbocycles. The van der Waals surface area contributed by atoms with Crippen molar-refractivity contribution in [2.24, 2.45) is 0 Å². The molecule has 0 bridgehead atoms. The molecule has 7 heteroatoms. The normalized spacial score (nSPS) is 17.4. The molecule has 7 nitrogen and oxygen atoms in total. The van der Waals surface area contributed by atoms with Gasteiger partial charge in [0.2, 0.25) is 0 Å². The Kier molecular flexibility index (Phi) is 4.90. The predicted molar refractivity (Wildman–Crippen MR) is 80.3 cm³/mol. The van der Waals surface area contributed by atoms with Crippen LogP contribution >= 0.6 is 0 Å². The fourth-order valence-corrected chi connectivity index (χ4v) is 2.40. The summed E-state index contributed by atoms with van der Waals surface area (Å²) in [4.78, 5) is 22.6. The van der Waals surface area contributed by atoms with Gasteiger partial charge < -0.3 is 24.6 Å². The van der Waals surface area contributed by atoms with Crippen molar-refractivity contribution < 1.29 is 28.9 Å². The molecule has 1 aromatic rings. The minimum absolute atomic E-state index is 0.146. The first-order valence-electron chi connectivity index (χ1n) is 6.84. The Labute approximate surface area is 133 Å². The minimum atomic E-state index is -1.45. The monoisotopic (exact) mass is 319 g/mol. The number of carboxylic acid groups (broad SMARTS) is 1. The maximum Gasteiger partial charge on any atom is 0.513 e. The zero-order valence-corrected chi connectivity index (χ0v) is 13.0. The van der Waals surface area contributed by atoms with Crippen LogP contribution in [0.15, 0.2) is 53.2 Å². The highest BCUT2D eigenvalue weighted by Gasteiger charge is 2.34. The van der Waals surface area contributed by atoms with Crippen LogP contribution in [0, 0.1) is 0 Å². The fraction of sp³-hybridized carbons (Fsp3) is 0.250. The summed E-state index contributed by atoms with van der Waals surface area (Å²) in [6.07, 6.45) is -2.34. The van der Waals surface area contributed by atoms with E-state index in [2.05, 4.69) is 10.1 Å². The quantitative estimate of drug-likeness (QED) is 0.825. The summed E-state index contributed by atoms with van der Waals surface area (Å²) in [5.74, 6) is -0.300. The molecule has 0 amide bonds. The van der Waals surface area contributed by atoms with Gasteiger partial charge in [-0.05, 0) is 19.4 Å². The molecule has 1 atom stereocenters. The molecule has 1 aliphatic rings. The number of methoxy groups -OCH3 is 1. The number of nitrogens with one attached hydrogen (secondary N) is 1. The maximum atomic E-state index is 11.5. The molecule has 0 aromatic heterocycles. The van der Waals surface area contributed by atoms with E-state index in [0.29, 0.717) is 11.4 Å². The van der Waals surface area contributed by atoms with E-state index in [0.717, 1.165) is 5.56 Å². The lowest BCUT2D eigenvalue weighted by molar-refractivity contribution is 0.0848. The SMILES string of the molecule is COC(=O)OC1=C(C)NC(C)=C(OC(=O)O)C1c1ccccc1. The molecule has 0 spiro atoms. The Balaban J connectivity index is 2.52. The van der Waals surface area contributed by atoms with Crippen molar-refractivity contribution in [3.05, 3.63) is 58.8 Å². The Morgan fingerprint density at radius 1 is 1.04 bits per heavy atom. The van der Waals surface area contributed by atoms with Crippen molar-refractivity contribution in [1.82, 2.24) is 5.32 Å². The van der Waals surface area contributed by atoms with E-state index in [9.17, 15) is 9.59 Å². The first kappa shape index (κ1) is 16.4. The standard InChI is InChI=1S/C16H17NO6/c1-9-13(22-15(18)19)12(11-7-5-4-6-8-11)14(10(2)17-9)23-16(20)21-3/h4-8,12,17H,1-3H3,(H,18,19). The molecule has 2 rings (SSSR count). The molecule has 0 saturated carbocycles. The number of allylic oxidation sites excluding steroid dienone is 2. The van der Waals surface area contributed by atoms with Gasteiger partial charge >= 0.3 is 12.3 Å². The number of rotatable bonds is 3. The van der Waals surface area contributed by atoms with Gasteiger partial charge in [0.15, 0.2) is 0 Å². The number of benzene rings is 1. The molecule has 0 radical (unpaired) electrons. The third kappa shape index (κ3) is 3.63. The Morgan fingerprint density at radius 3 is 2.13 bits per heavy atom. The van der Waals surface area contributed by atoms with Crippen LogP contribution in [0.2, 0.25) is 0 Å². The number of ether oxygens (including phenoxy) is 3. The lowest BCUT2D eigenvalue weighted by Gasteiger charge is -2.29. The molecule has 23 heavy (non-hydrogen) atoms. The number of hydrogen-bond donors (Lipinski definition) is 2. The summed E-state index contributed by atoms with van der Waals surface area (Å²) >= 11 is 0. The number of carbonyl (C=O) groups excluding carboxylic acids is 1. The second-order valence-electron chi connectivity index (χ2n) is 4.87. The highest BCUT2D eigenvalue weighted by atomic mass is 16.7. The number of dihydropyridines is 1. The van der Waals surface area contributed by atoms with Crippen LogP contribution in [0.3, 0.4) is 0 Å². The molecular weight excluding hydrogens is 302 g/mol. The van der Waals surface area contributed by atoms with Gasteiger partial charge in [-0.1, -0.05) is 30.3 Å². The molecule has 0 fully saturated rings. The van der Waals surface area contributed by atoms with Gasteiger partial charge in [-0.15, -0.1) is 0 Å². The average molecular weight is 319 g/mol. The van der Waals surface area contributed by atoms with E-state index in [-0.39, 0.29) is 11.5 Å². The molecule has 1 unspecified atom stereocenters. The highest BCUT2D eigenvalue weighted by Crippen LogP contribution is 2.39. The van der Waals surface area contributed by atoms with E-state index < -0.39 is 18.2 Å². The summed E-state index contributed by atoms with van der Waals surface area (Å²) in [5, 5.41) is 11.9. The van der Waals surface area contributed by atoms with Crippen LogP contribution in [-0.4, -0.2) is 24.5 Å². The van der Waals surface area contributed by atoms with Gasteiger partial charge in [-0.25, -0.2) is 9.59 Å². The Bertz CT molecular complexity index is 677. The summed E-state index contributed by atoms with van der Waals surface area (Å²) in [6, 6.07) is 9.02. The number of carbonyl (C=O) groups is 2. The summed E-state index contributed by atoms with van der Waals surface area (Å²) in [7, 11) is 1.20. The van der Waals surface area contributed by atoms with E-state index >= 15 is 0 Å². The van der Waals surface area contributed by atoms with Crippen LogP contribution in [0.25, 0.3) is 0 Å². The van der Waals surface area contributed by atoms with E-state index in [1.807, 2.05) is 6.07 Å². The van der Waals surface area contributed by atoms with Crippen LogP contribution in [0.5, 0.6) is 0 Å². The zero-order chi connectivity index (χ0) is 17.0. The van der Waals surface area contributed by atoms with Crippen LogP contribution in [0.4, 0.5) is 9.59 Å². The molecule has 1 aliphatic heterocycles. The van der Waals surface area contributed by atoms with Gasteiger partial charge in [-0.2, -0.15) is 0 Å². The molecule has 122 valence electrons. The lowest BCUT2D eigenvalue weighted by atomic mass is 9.90. The second-order valence-corrected chi connectivity index (χ2v) is 4.87. The number of hydrogen-bond acceptors (Lipinski definition) is 6. The van der Waals surface area contributed by atoms with Crippen LogP contribution in [-0.2, 0) is 14.2 Å². The van der Waals surface area contributed by atoms with E-state index in [4.69, 9.17) is 14.6 Å². The van der Waals surface area contributed by atoms with Gasteiger partial charge in [0.25, 0.3) is 0 Å². The van der Waals surface area contributed by atoms with Crippen molar-refractivity contribution >= 4 is 12.3 Å². The Morgan fingerprint density at radius 2 is 1.61 bits per heavy atom. The fourth-order valence-electron chi connectivity index (χ4n) is 2.40. The van der Waals surface area contributed by atoms with Crippen molar-refractivity contribution in [3.8, 4) is 0 Å². The summed E-state index contributed by atoms with van der Waals surface area (Å²) in [5.41, 5.74) is 1.82. The largest absolute Gasteiger partial charge is 0.513 e. The van der Waals surface area contributed by atoms with E-state index in [1.165, 1.54) is 7.11 Å². The van der Waals surface area contributed by atoms with Gasteiger partial charge in [-0.3, -0.25) is 0 Å². The van der Waals surface area contributed by atoms with Crippen LogP contribution < -0.4 is 5.32 Å². The minimum Gasteiger partial charge on any atom is -0.449 e. The van der Waals surface area contributed by atoms with Crippen molar-refractivity contribution in [2.45, 2.75) is 19.8 Å². The van der Waals surface area contributed by atoms with Crippen LogP contribution in [0.1, 0.15) is 25.3 Å². The van der Waals surface area contributed by atoms with Gasteiger partial charge in [0.1, 0.15) is 17.4 Å². The first-order valence-corrected chi connectivity index (χ1v) is 6.84. The van der Waals surface area contributed by atoms with Gasteiger partial charge in [0, 0.05) is 0 Å². The lowest BCUT2D eigenvalue weighted by Crippen LogP contribution is -2.28. The summed E-state index contributed by atoms with van der Waals surface area (Å²) < 4.78 is 14.7. The highest BCUT2D eigenvalue weighted by molar-refractivity contribution is 5.64. The average Bonchev–Trinajstić information content (AvgIpc) is 2.52. The molecular formula is C16H17NO6. The topological polar surface area (TPSA) is 94.1 Å². The maximum absolute atomic E-state index is 11.5. The molecule has 0 saturated heterocycles. The molecule has 2 N–H and O–H groups in total. The van der Waals surface area contributed by atoms with Gasteiger partial charge in [0.05, 0.1) is 18.5 Å². The van der Waals surface area contributed by atoms with Crippen molar-refractivity contribution in [2.75, 3.05) is 7.11 Å². The first-order chi connectivity index (χ1) is 10.9. The summed E-state index contributed by atoms with van der Waals surface area (Å²) in [6.45, 7) is 3.40. The third-order valence-corrected chi connectivity index (χ3v) is 3.33. The molecule has 1 heterocycles. The predicted octanol–water partition coefficient (Wildman–Crippen LogP) is 3.31. The zero-order valence-electron chi connectivity index (χ0n) is 13.0. The third-order valence-electron chi connectivity index (χ3n) is 3.33.